The van der Waals surface area contributed by atoms with E-state index in [1.54, 1.807) is 0 Å². The molecular weight excluding hydrogens is 260 g/mol. The van der Waals surface area contributed by atoms with Crippen LogP contribution in [0.3, 0.4) is 0 Å². The Morgan fingerprint density at radius 1 is 0.905 bits per heavy atom. The Morgan fingerprint density at radius 3 is 2.48 bits per heavy atom. The minimum atomic E-state index is 0.601. The first-order valence-electron chi connectivity index (χ1n) is 6.95. The van der Waals surface area contributed by atoms with Gasteiger partial charge in [0, 0.05) is 17.1 Å². The molecule has 0 saturated carbocycles. The van der Waals surface area contributed by atoms with E-state index in [1.807, 2.05) is 37.3 Å². The molecule has 1 heterocycles. The molecule has 0 fully saturated rings. The summed E-state index contributed by atoms with van der Waals surface area (Å²) < 4.78 is 6.02. The van der Waals surface area contributed by atoms with Crippen molar-refractivity contribution in [2.24, 2.45) is 0 Å². The molecule has 3 nitrogen and oxygen atoms in total. The van der Waals surface area contributed by atoms with Crippen LogP contribution in [0, 0.1) is 20.8 Å². The van der Waals surface area contributed by atoms with Gasteiger partial charge in [-0.05, 0) is 61.7 Å². The molecule has 3 heteroatoms. The minimum Gasteiger partial charge on any atom is -0.438 e. The Hall–Kier alpha value is -2.55. The lowest BCUT2D eigenvalue weighted by molar-refractivity contribution is 0.457. The molecule has 0 aliphatic heterocycles. The summed E-state index contributed by atoms with van der Waals surface area (Å²) in [5.41, 5.74) is 10.9. The molecule has 0 saturated heterocycles. The number of hydrogen-bond donors (Lipinski definition) is 1. The zero-order valence-corrected chi connectivity index (χ0v) is 12.5. The molecule has 1 aromatic heterocycles. The number of rotatable bonds is 2. The van der Waals surface area contributed by atoms with Crippen LogP contribution in [-0.4, -0.2) is 4.98 Å². The van der Waals surface area contributed by atoms with E-state index in [0.717, 1.165) is 33.5 Å². The van der Waals surface area contributed by atoms with E-state index in [-0.39, 0.29) is 0 Å². The number of anilines is 1. The highest BCUT2D eigenvalue weighted by Crippen LogP contribution is 2.30. The summed E-state index contributed by atoms with van der Waals surface area (Å²) in [5.74, 6) is 1.49. The Kier molecular flexibility index (Phi) is 3.26. The Labute approximate surface area is 124 Å². The van der Waals surface area contributed by atoms with Crippen LogP contribution in [0.25, 0.3) is 10.9 Å². The summed E-state index contributed by atoms with van der Waals surface area (Å²) in [6, 6.07) is 13.7. The number of nitrogen functional groups attached to an aromatic ring is 1. The third kappa shape index (κ3) is 2.55. The molecule has 21 heavy (non-hydrogen) atoms. The average Bonchev–Trinajstić information content (AvgIpc) is 2.48. The van der Waals surface area contributed by atoms with Crippen molar-refractivity contribution in [3.8, 4) is 11.6 Å². The molecule has 0 atom stereocenters. The lowest BCUT2D eigenvalue weighted by Gasteiger charge is -2.13. The van der Waals surface area contributed by atoms with Crippen LogP contribution in [0.5, 0.6) is 11.6 Å². The topological polar surface area (TPSA) is 48.1 Å². The number of ether oxygens (including phenoxy) is 1. The molecule has 0 aliphatic carbocycles. The fourth-order valence-corrected chi connectivity index (χ4v) is 2.37. The van der Waals surface area contributed by atoms with Crippen LogP contribution in [0.2, 0.25) is 0 Å². The van der Waals surface area contributed by atoms with Gasteiger partial charge in [-0.15, -0.1) is 0 Å². The summed E-state index contributed by atoms with van der Waals surface area (Å²) in [7, 11) is 0. The zero-order chi connectivity index (χ0) is 15.0. The van der Waals surface area contributed by atoms with Gasteiger partial charge in [-0.3, -0.25) is 0 Å². The van der Waals surface area contributed by atoms with E-state index in [9.17, 15) is 0 Å². The maximum atomic E-state index is 6.02. The Bertz CT molecular complexity index is 825. The molecule has 106 valence electrons. The molecule has 0 radical (unpaired) electrons. The SMILES string of the molecule is Cc1ccc(C)c(Oc2ccc3cc(N)ccc3n2)c1C. The van der Waals surface area contributed by atoms with E-state index < -0.39 is 0 Å². The van der Waals surface area contributed by atoms with Crippen LogP contribution in [0.4, 0.5) is 5.69 Å². The number of aryl methyl sites for hydroxylation is 2. The minimum absolute atomic E-state index is 0.601. The second kappa shape index (κ2) is 5.09. The predicted molar refractivity (Wildman–Crippen MR) is 86.9 cm³/mol. The van der Waals surface area contributed by atoms with Gasteiger partial charge in [-0.2, -0.15) is 0 Å². The first-order valence-corrected chi connectivity index (χ1v) is 6.95. The van der Waals surface area contributed by atoms with Gasteiger partial charge >= 0.3 is 0 Å². The lowest BCUT2D eigenvalue weighted by atomic mass is 10.1. The van der Waals surface area contributed by atoms with Gasteiger partial charge < -0.3 is 10.5 Å². The molecule has 0 amide bonds. The average molecular weight is 278 g/mol. The molecule has 3 aromatic rings. The van der Waals surface area contributed by atoms with Gasteiger partial charge in [-0.1, -0.05) is 12.1 Å². The van der Waals surface area contributed by atoms with Crippen molar-refractivity contribution >= 4 is 16.6 Å². The lowest BCUT2D eigenvalue weighted by Crippen LogP contribution is -1.95. The first kappa shape index (κ1) is 13.4. The molecule has 0 aliphatic rings. The highest BCUT2D eigenvalue weighted by Gasteiger charge is 2.09. The van der Waals surface area contributed by atoms with Crippen LogP contribution >= 0.6 is 0 Å². The number of fused-ring (bicyclic) bond motifs is 1. The van der Waals surface area contributed by atoms with Crippen molar-refractivity contribution in [3.05, 3.63) is 59.2 Å². The highest BCUT2D eigenvalue weighted by molar-refractivity contribution is 5.82. The maximum absolute atomic E-state index is 6.02. The van der Waals surface area contributed by atoms with Gasteiger partial charge in [0.25, 0.3) is 0 Å². The summed E-state index contributed by atoms with van der Waals surface area (Å²) in [6.45, 7) is 6.20. The molecule has 0 spiro atoms. The molecule has 2 N–H and O–H groups in total. The second-order valence-corrected chi connectivity index (χ2v) is 5.36. The van der Waals surface area contributed by atoms with Crippen LogP contribution in [0.15, 0.2) is 42.5 Å². The van der Waals surface area contributed by atoms with Crippen molar-refractivity contribution < 1.29 is 4.74 Å². The fraction of sp³-hybridized carbons (Fsp3) is 0.167. The van der Waals surface area contributed by atoms with Crippen molar-refractivity contribution in [3.63, 3.8) is 0 Å². The largest absolute Gasteiger partial charge is 0.438 e. The van der Waals surface area contributed by atoms with Crippen LogP contribution in [0.1, 0.15) is 16.7 Å². The number of pyridine rings is 1. The van der Waals surface area contributed by atoms with Crippen molar-refractivity contribution in [1.29, 1.82) is 0 Å². The maximum Gasteiger partial charge on any atom is 0.219 e. The first-order chi connectivity index (χ1) is 10.0. The second-order valence-electron chi connectivity index (χ2n) is 5.36. The summed E-state index contributed by atoms with van der Waals surface area (Å²) >= 11 is 0. The quantitative estimate of drug-likeness (QED) is 0.700. The van der Waals surface area contributed by atoms with Gasteiger partial charge in [0.05, 0.1) is 5.52 Å². The van der Waals surface area contributed by atoms with Gasteiger partial charge in [0.2, 0.25) is 5.88 Å². The third-order valence-corrected chi connectivity index (χ3v) is 3.77. The molecule has 0 bridgehead atoms. The van der Waals surface area contributed by atoms with Gasteiger partial charge in [0.15, 0.2) is 0 Å². The van der Waals surface area contributed by atoms with E-state index >= 15 is 0 Å². The van der Waals surface area contributed by atoms with Crippen molar-refractivity contribution in [2.45, 2.75) is 20.8 Å². The number of nitrogens with zero attached hydrogens (tertiary/aromatic N) is 1. The molecule has 0 unspecified atom stereocenters. The molecular formula is C18H18N2O. The number of benzene rings is 2. The fourth-order valence-electron chi connectivity index (χ4n) is 2.37. The van der Waals surface area contributed by atoms with E-state index in [0.29, 0.717) is 5.88 Å². The van der Waals surface area contributed by atoms with E-state index in [2.05, 4.69) is 31.0 Å². The Morgan fingerprint density at radius 2 is 1.67 bits per heavy atom. The van der Waals surface area contributed by atoms with Crippen molar-refractivity contribution in [2.75, 3.05) is 5.73 Å². The van der Waals surface area contributed by atoms with Crippen molar-refractivity contribution in [1.82, 2.24) is 4.98 Å². The summed E-state index contributed by atoms with van der Waals surface area (Å²) in [6.07, 6.45) is 0. The monoisotopic (exact) mass is 278 g/mol. The molecule has 3 rings (SSSR count). The third-order valence-electron chi connectivity index (χ3n) is 3.77. The Balaban J connectivity index is 2.02. The predicted octanol–water partition coefficient (Wildman–Crippen LogP) is 4.53. The number of nitrogens with two attached hydrogens (primary N) is 1. The normalized spacial score (nSPS) is 10.8. The molecule has 2 aromatic carbocycles. The van der Waals surface area contributed by atoms with Crippen LogP contribution in [-0.2, 0) is 0 Å². The van der Waals surface area contributed by atoms with Gasteiger partial charge in [-0.25, -0.2) is 4.98 Å². The zero-order valence-electron chi connectivity index (χ0n) is 12.5. The van der Waals surface area contributed by atoms with E-state index in [4.69, 9.17) is 10.5 Å². The number of aromatic nitrogens is 1. The van der Waals surface area contributed by atoms with Crippen LogP contribution < -0.4 is 10.5 Å². The summed E-state index contributed by atoms with van der Waals surface area (Å²) in [5, 5.41) is 1.01. The summed E-state index contributed by atoms with van der Waals surface area (Å²) in [4.78, 5) is 4.55. The smallest absolute Gasteiger partial charge is 0.219 e. The van der Waals surface area contributed by atoms with Gasteiger partial charge in [0.1, 0.15) is 5.75 Å². The standard InChI is InChI=1S/C18H18N2O/c1-11-4-5-12(2)18(13(11)3)21-17-9-6-14-10-15(19)7-8-16(14)20-17/h4-10H,19H2,1-3H3. The van der Waals surface area contributed by atoms with E-state index in [1.165, 1.54) is 5.56 Å². The number of hydrogen-bond acceptors (Lipinski definition) is 3. The highest BCUT2D eigenvalue weighted by atomic mass is 16.5.